The highest BCUT2D eigenvalue weighted by Gasteiger charge is 2.29. The number of carbonyl (C=O) groups is 2. The molecular weight excluding hydrogens is 268 g/mol. The monoisotopic (exact) mass is 282 g/mol. The van der Waals surface area contributed by atoms with Crippen LogP contribution in [0.5, 0.6) is 0 Å². The summed E-state index contributed by atoms with van der Waals surface area (Å²) in [5, 5.41) is 0.440. The van der Waals surface area contributed by atoms with Crippen LogP contribution in [0, 0.1) is 0 Å². The van der Waals surface area contributed by atoms with Crippen molar-refractivity contribution >= 4 is 23.3 Å². The Morgan fingerprint density at radius 3 is 1.95 bits per heavy atom. The van der Waals surface area contributed by atoms with Crippen molar-refractivity contribution in [3.63, 3.8) is 0 Å². The number of carbonyl (C=O) groups excluding carboxylic acids is 2. The quantitative estimate of drug-likeness (QED) is 0.667. The molecular formula is C17H14O2S. The van der Waals surface area contributed by atoms with Crippen LogP contribution < -0.4 is 0 Å². The minimum absolute atomic E-state index is 0.0543. The van der Waals surface area contributed by atoms with Gasteiger partial charge in [-0.1, -0.05) is 38.1 Å². The fraction of sp³-hybridized carbons (Fsp3) is 0.176. The molecule has 1 aliphatic carbocycles. The first-order chi connectivity index (χ1) is 9.58. The highest BCUT2D eigenvalue weighted by Crippen LogP contribution is 2.31. The van der Waals surface area contributed by atoms with Crippen LogP contribution in [-0.2, 0) is 0 Å². The Hall–Kier alpha value is -1.87. The van der Waals surface area contributed by atoms with Gasteiger partial charge in [-0.05, 0) is 18.2 Å². The van der Waals surface area contributed by atoms with E-state index in [2.05, 4.69) is 13.8 Å². The molecule has 0 saturated carbocycles. The number of rotatable bonds is 2. The van der Waals surface area contributed by atoms with Crippen LogP contribution in [0.3, 0.4) is 0 Å². The molecule has 2 aromatic carbocycles. The van der Waals surface area contributed by atoms with E-state index >= 15 is 0 Å². The molecule has 0 aromatic heterocycles. The molecule has 0 fully saturated rings. The summed E-state index contributed by atoms with van der Waals surface area (Å²) in [5.74, 6) is -0.113. The van der Waals surface area contributed by atoms with Gasteiger partial charge in [0.05, 0.1) is 0 Å². The van der Waals surface area contributed by atoms with E-state index in [1.807, 2.05) is 12.1 Å². The third-order valence-corrected chi connectivity index (χ3v) is 4.27. The van der Waals surface area contributed by atoms with Gasteiger partial charge in [0.2, 0.25) is 0 Å². The van der Waals surface area contributed by atoms with E-state index in [1.54, 1.807) is 42.1 Å². The molecule has 2 nitrogen and oxygen atoms in total. The lowest BCUT2D eigenvalue weighted by Gasteiger charge is -2.18. The Bertz CT molecular complexity index is 717. The van der Waals surface area contributed by atoms with Gasteiger partial charge < -0.3 is 0 Å². The van der Waals surface area contributed by atoms with Gasteiger partial charge in [0.25, 0.3) is 0 Å². The van der Waals surface area contributed by atoms with Gasteiger partial charge in [-0.15, -0.1) is 11.8 Å². The van der Waals surface area contributed by atoms with E-state index in [9.17, 15) is 9.59 Å². The number of thioether (sulfide) groups is 1. The first-order valence-electron chi connectivity index (χ1n) is 6.57. The molecule has 2 aromatic rings. The number of hydrogen-bond acceptors (Lipinski definition) is 3. The van der Waals surface area contributed by atoms with Crippen molar-refractivity contribution in [2.24, 2.45) is 0 Å². The van der Waals surface area contributed by atoms with E-state index in [4.69, 9.17) is 0 Å². The lowest BCUT2D eigenvalue weighted by atomic mass is 9.84. The molecule has 0 N–H and O–H groups in total. The molecule has 0 spiro atoms. The molecule has 0 radical (unpaired) electrons. The third kappa shape index (κ3) is 2.08. The number of benzene rings is 2. The van der Waals surface area contributed by atoms with Gasteiger partial charge in [0, 0.05) is 32.4 Å². The summed E-state index contributed by atoms with van der Waals surface area (Å²) in [6.45, 7) is 4.21. The minimum Gasteiger partial charge on any atom is -0.289 e. The lowest BCUT2D eigenvalue weighted by molar-refractivity contribution is 0.0979. The minimum atomic E-state index is -0.0590. The van der Waals surface area contributed by atoms with Gasteiger partial charge in [0.15, 0.2) is 11.6 Å². The van der Waals surface area contributed by atoms with E-state index in [0.717, 1.165) is 4.90 Å². The zero-order chi connectivity index (χ0) is 14.3. The predicted molar refractivity (Wildman–Crippen MR) is 80.7 cm³/mol. The molecule has 0 unspecified atom stereocenters. The van der Waals surface area contributed by atoms with Gasteiger partial charge in [-0.25, -0.2) is 0 Å². The molecule has 0 amide bonds. The first kappa shape index (κ1) is 13.1. The van der Waals surface area contributed by atoms with Crippen LogP contribution in [0.25, 0.3) is 0 Å². The summed E-state index contributed by atoms with van der Waals surface area (Å²) in [5.41, 5.74) is 2.06. The van der Waals surface area contributed by atoms with E-state index in [1.165, 1.54) is 0 Å². The SMILES string of the molecule is CC(C)Sc1ccc2c(c1)C(=O)c1ccccc1C2=O. The molecule has 3 rings (SSSR count). The van der Waals surface area contributed by atoms with Crippen LogP contribution in [-0.4, -0.2) is 16.8 Å². The molecule has 20 heavy (non-hydrogen) atoms. The topological polar surface area (TPSA) is 34.1 Å². The number of fused-ring (bicyclic) bond motifs is 2. The maximum atomic E-state index is 12.5. The van der Waals surface area contributed by atoms with Crippen molar-refractivity contribution < 1.29 is 9.59 Å². The highest BCUT2D eigenvalue weighted by molar-refractivity contribution is 7.99. The molecule has 1 aliphatic rings. The maximum absolute atomic E-state index is 12.5. The molecule has 0 atom stereocenters. The van der Waals surface area contributed by atoms with Crippen molar-refractivity contribution in [1.29, 1.82) is 0 Å². The molecule has 100 valence electrons. The van der Waals surface area contributed by atoms with Crippen molar-refractivity contribution in [3.8, 4) is 0 Å². The van der Waals surface area contributed by atoms with Gasteiger partial charge in [0.1, 0.15) is 0 Å². The van der Waals surface area contributed by atoms with Crippen LogP contribution in [0.4, 0.5) is 0 Å². The Labute approximate surface area is 122 Å². The Morgan fingerprint density at radius 2 is 1.35 bits per heavy atom. The van der Waals surface area contributed by atoms with Crippen molar-refractivity contribution in [2.75, 3.05) is 0 Å². The van der Waals surface area contributed by atoms with E-state index in [-0.39, 0.29) is 11.6 Å². The molecule has 0 bridgehead atoms. The second kappa shape index (κ2) is 4.91. The fourth-order valence-corrected chi connectivity index (χ4v) is 3.30. The number of ketones is 2. The van der Waals surface area contributed by atoms with Crippen molar-refractivity contribution in [2.45, 2.75) is 24.0 Å². The summed E-state index contributed by atoms with van der Waals surface area (Å²) in [4.78, 5) is 26.0. The summed E-state index contributed by atoms with van der Waals surface area (Å²) in [7, 11) is 0. The second-order valence-corrected chi connectivity index (χ2v) is 6.73. The Kier molecular flexibility index (Phi) is 3.22. The fourth-order valence-electron chi connectivity index (χ4n) is 2.42. The third-order valence-electron chi connectivity index (χ3n) is 3.27. The standard InChI is InChI=1S/C17H14O2S/c1-10(2)20-11-7-8-14-15(9-11)17(19)13-6-4-3-5-12(13)16(14)18/h3-10H,1-2H3. The zero-order valence-corrected chi connectivity index (χ0v) is 12.2. The van der Waals surface area contributed by atoms with Gasteiger partial charge in [-0.3, -0.25) is 9.59 Å². The van der Waals surface area contributed by atoms with E-state index in [0.29, 0.717) is 27.5 Å². The highest BCUT2D eigenvalue weighted by atomic mass is 32.2. The van der Waals surface area contributed by atoms with Crippen molar-refractivity contribution in [3.05, 3.63) is 64.7 Å². The first-order valence-corrected chi connectivity index (χ1v) is 7.45. The average Bonchev–Trinajstić information content (AvgIpc) is 2.44. The lowest BCUT2D eigenvalue weighted by Crippen LogP contribution is -2.20. The summed E-state index contributed by atoms with van der Waals surface area (Å²) >= 11 is 1.69. The summed E-state index contributed by atoms with van der Waals surface area (Å²) < 4.78 is 0. The smallest absolute Gasteiger partial charge is 0.194 e. The van der Waals surface area contributed by atoms with E-state index < -0.39 is 0 Å². The molecule has 0 saturated heterocycles. The molecule has 0 heterocycles. The summed E-state index contributed by atoms with van der Waals surface area (Å²) in [6, 6.07) is 12.6. The zero-order valence-electron chi connectivity index (χ0n) is 11.3. The second-order valence-electron chi connectivity index (χ2n) is 5.08. The molecule has 0 aliphatic heterocycles. The Balaban J connectivity index is 2.13. The van der Waals surface area contributed by atoms with Crippen molar-refractivity contribution in [1.82, 2.24) is 0 Å². The molecule has 3 heteroatoms. The van der Waals surface area contributed by atoms with Crippen LogP contribution >= 0.6 is 11.8 Å². The van der Waals surface area contributed by atoms with Gasteiger partial charge in [-0.2, -0.15) is 0 Å². The maximum Gasteiger partial charge on any atom is 0.194 e. The normalized spacial score (nSPS) is 13.3. The van der Waals surface area contributed by atoms with Crippen LogP contribution in [0.2, 0.25) is 0 Å². The largest absolute Gasteiger partial charge is 0.289 e. The number of hydrogen-bond donors (Lipinski definition) is 0. The predicted octanol–water partition coefficient (Wildman–Crippen LogP) is 3.96. The van der Waals surface area contributed by atoms with Crippen LogP contribution in [0.15, 0.2) is 47.4 Å². The van der Waals surface area contributed by atoms with Gasteiger partial charge >= 0.3 is 0 Å². The average molecular weight is 282 g/mol. The Morgan fingerprint density at radius 1 is 0.800 bits per heavy atom. The summed E-state index contributed by atoms with van der Waals surface area (Å²) in [6.07, 6.45) is 0. The van der Waals surface area contributed by atoms with Crippen LogP contribution in [0.1, 0.15) is 45.7 Å².